The van der Waals surface area contributed by atoms with Crippen molar-refractivity contribution in [1.29, 1.82) is 0 Å². The average molecular weight is 408 g/mol. The fraction of sp³-hybridized carbons (Fsp3) is 0.450. The molecule has 2 aromatic rings. The third-order valence-corrected chi connectivity index (χ3v) is 4.62. The summed E-state index contributed by atoms with van der Waals surface area (Å²) in [5.74, 6) is -0.672. The van der Waals surface area contributed by atoms with E-state index in [1.807, 2.05) is 0 Å². The van der Waals surface area contributed by atoms with Crippen LogP contribution in [0.2, 0.25) is 5.02 Å². The molecular formula is C20H22ClNO6. The van der Waals surface area contributed by atoms with Gasteiger partial charge in [0.05, 0.1) is 5.02 Å². The fourth-order valence-electron chi connectivity index (χ4n) is 3.10. The lowest BCUT2D eigenvalue weighted by Crippen LogP contribution is -2.43. The van der Waals surface area contributed by atoms with Crippen LogP contribution in [0.4, 0.5) is 4.79 Å². The topological polar surface area (TPSA) is 94.8 Å². The van der Waals surface area contributed by atoms with Crippen LogP contribution in [0.1, 0.15) is 45.2 Å². The summed E-state index contributed by atoms with van der Waals surface area (Å²) in [4.78, 5) is 36.2. The van der Waals surface area contributed by atoms with Crippen molar-refractivity contribution in [2.75, 3.05) is 0 Å². The second kappa shape index (κ2) is 7.47. The number of esters is 1. The molecule has 3 rings (SSSR count). The SMILES string of the molecule is CC(NC(=O)OC(C)(C)C)C(=O)Oc1cc2oc(=O)c3c(c2cc1Cl)CCC3. The van der Waals surface area contributed by atoms with Gasteiger partial charge in [-0.05, 0) is 58.6 Å². The zero-order valence-electron chi connectivity index (χ0n) is 16.2. The third kappa shape index (κ3) is 4.30. The van der Waals surface area contributed by atoms with Crippen LogP contribution in [0, 0.1) is 0 Å². The predicted octanol–water partition coefficient (Wildman–Crippen LogP) is 3.75. The molecule has 1 aromatic carbocycles. The molecule has 1 atom stereocenters. The van der Waals surface area contributed by atoms with Gasteiger partial charge < -0.3 is 19.2 Å². The Morgan fingerprint density at radius 3 is 2.57 bits per heavy atom. The van der Waals surface area contributed by atoms with Crippen LogP contribution in [0.5, 0.6) is 5.75 Å². The maximum absolute atomic E-state index is 12.3. The largest absolute Gasteiger partial charge is 0.444 e. The molecule has 150 valence electrons. The van der Waals surface area contributed by atoms with E-state index in [0.29, 0.717) is 17.6 Å². The molecule has 8 heteroatoms. The normalized spacial score (nSPS) is 14.5. The quantitative estimate of drug-likeness (QED) is 0.473. The van der Waals surface area contributed by atoms with Crippen LogP contribution < -0.4 is 15.7 Å². The lowest BCUT2D eigenvalue weighted by molar-refractivity contribution is -0.136. The van der Waals surface area contributed by atoms with E-state index in [2.05, 4.69) is 5.32 Å². The first kappa shape index (κ1) is 20.2. The second-order valence-corrected chi connectivity index (χ2v) is 8.18. The van der Waals surface area contributed by atoms with E-state index in [1.54, 1.807) is 26.8 Å². The highest BCUT2D eigenvalue weighted by Gasteiger charge is 2.24. The van der Waals surface area contributed by atoms with Crippen molar-refractivity contribution >= 4 is 34.6 Å². The summed E-state index contributed by atoms with van der Waals surface area (Å²) >= 11 is 6.28. The molecule has 7 nitrogen and oxygen atoms in total. The number of alkyl carbamates (subject to hydrolysis) is 1. The second-order valence-electron chi connectivity index (χ2n) is 7.77. The lowest BCUT2D eigenvalue weighted by Gasteiger charge is -2.21. The van der Waals surface area contributed by atoms with E-state index in [1.165, 1.54) is 13.0 Å². The number of fused-ring (bicyclic) bond motifs is 3. The molecule has 1 heterocycles. The lowest BCUT2D eigenvalue weighted by atomic mass is 10.1. The highest BCUT2D eigenvalue weighted by Crippen LogP contribution is 2.34. The molecule has 0 bridgehead atoms. The van der Waals surface area contributed by atoms with Crippen LogP contribution in [-0.2, 0) is 22.4 Å². The minimum Gasteiger partial charge on any atom is -0.444 e. The van der Waals surface area contributed by atoms with Crippen LogP contribution in [0.15, 0.2) is 21.3 Å². The Morgan fingerprint density at radius 2 is 1.89 bits per heavy atom. The number of halogens is 1. The van der Waals surface area contributed by atoms with E-state index >= 15 is 0 Å². The molecule has 1 amide bonds. The van der Waals surface area contributed by atoms with E-state index in [9.17, 15) is 14.4 Å². The highest BCUT2D eigenvalue weighted by molar-refractivity contribution is 6.33. The first-order valence-electron chi connectivity index (χ1n) is 9.04. The molecule has 0 spiro atoms. The third-order valence-electron chi connectivity index (χ3n) is 4.32. The monoisotopic (exact) mass is 407 g/mol. The van der Waals surface area contributed by atoms with Crippen molar-refractivity contribution in [2.45, 2.75) is 58.6 Å². The number of hydrogen-bond acceptors (Lipinski definition) is 6. The summed E-state index contributed by atoms with van der Waals surface area (Å²) in [7, 11) is 0. The standard InChI is InChI=1S/C20H22ClNO6/c1-10(22-19(25)28-20(2,3)4)17(23)27-16-9-15-13(8-14(16)21)11-6-5-7-12(11)18(24)26-15/h8-10H,5-7H2,1-4H3,(H,22,25). The summed E-state index contributed by atoms with van der Waals surface area (Å²) in [6.07, 6.45) is 1.63. The molecule has 1 N–H and O–H groups in total. The van der Waals surface area contributed by atoms with Gasteiger partial charge in [-0.2, -0.15) is 0 Å². The smallest absolute Gasteiger partial charge is 0.408 e. The molecule has 1 aromatic heterocycles. The van der Waals surface area contributed by atoms with E-state index < -0.39 is 23.7 Å². The van der Waals surface area contributed by atoms with Crippen molar-refractivity contribution in [3.63, 3.8) is 0 Å². The first-order valence-corrected chi connectivity index (χ1v) is 9.42. The van der Waals surface area contributed by atoms with Crippen molar-refractivity contribution < 1.29 is 23.5 Å². The highest BCUT2D eigenvalue weighted by atomic mass is 35.5. The minimum atomic E-state index is -0.964. The predicted molar refractivity (Wildman–Crippen MR) is 104 cm³/mol. The molecule has 1 unspecified atom stereocenters. The molecule has 1 aliphatic carbocycles. The van der Waals surface area contributed by atoms with Crippen LogP contribution in [-0.4, -0.2) is 23.7 Å². The number of carbonyl (C=O) groups is 2. The van der Waals surface area contributed by atoms with E-state index in [4.69, 9.17) is 25.5 Å². The first-order chi connectivity index (χ1) is 13.0. The van der Waals surface area contributed by atoms with Crippen LogP contribution in [0.25, 0.3) is 11.0 Å². The Kier molecular flexibility index (Phi) is 5.39. The van der Waals surface area contributed by atoms with E-state index in [0.717, 1.165) is 23.8 Å². The Labute approximate surface area is 166 Å². The van der Waals surface area contributed by atoms with Crippen molar-refractivity contribution in [3.8, 4) is 5.75 Å². The van der Waals surface area contributed by atoms with Crippen molar-refractivity contribution in [2.24, 2.45) is 0 Å². The summed E-state index contributed by atoms with van der Waals surface area (Å²) in [6.45, 7) is 6.62. The number of amides is 1. The van der Waals surface area contributed by atoms with E-state index in [-0.39, 0.29) is 16.4 Å². The van der Waals surface area contributed by atoms with Gasteiger partial charge >= 0.3 is 17.7 Å². The molecule has 28 heavy (non-hydrogen) atoms. The number of aryl methyl sites for hydroxylation is 1. The van der Waals surface area contributed by atoms with Gasteiger partial charge in [0.1, 0.15) is 17.2 Å². The molecular weight excluding hydrogens is 386 g/mol. The van der Waals surface area contributed by atoms with Gasteiger partial charge in [0.2, 0.25) is 0 Å². The molecule has 0 aliphatic heterocycles. The maximum atomic E-state index is 12.3. The van der Waals surface area contributed by atoms with Gasteiger partial charge in [-0.3, -0.25) is 0 Å². The Hall–Kier alpha value is -2.54. The number of rotatable bonds is 3. The molecule has 0 fully saturated rings. The maximum Gasteiger partial charge on any atom is 0.408 e. The minimum absolute atomic E-state index is 0.0538. The molecule has 0 radical (unpaired) electrons. The summed E-state index contributed by atoms with van der Waals surface area (Å²) in [5.41, 5.74) is 0.868. The fourth-order valence-corrected chi connectivity index (χ4v) is 3.30. The Balaban J connectivity index is 1.79. The molecule has 1 aliphatic rings. The Morgan fingerprint density at radius 1 is 1.21 bits per heavy atom. The number of hydrogen-bond donors (Lipinski definition) is 1. The zero-order chi connectivity index (χ0) is 20.6. The summed E-state index contributed by atoms with van der Waals surface area (Å²) in [5, 5.41) is 3.37. The van der Waals surface area contributed by atoms with Crippen molar-refractivity contribution in [1.82, 2.24) is 5.32 Å². The van der Waals surface area contributed by atoms with Gasteiger partial charge in [-0.1, -0.05) is 11.6 Å². The van der Waals surface area contributed by atoms with Crippen molar-refractivity contribution in [3.05, 3.63) is 38.7 Å². The summed E-state index contributed by atoms with van der Waals surface area (Å²) in [6, 6.07) is 2.10. The molecule has 0 saturated heterocycles. The van der Waals surface area contributed by atoms with Gasteiger partial charge in [0.15, 0.2) is 5.75 Å². The zero-order valence-corrected chi connectivity index (χ0v) is 16.9. The number of nitrogens with one attached hydrogen (secondary N) is 1. The number of ether oxygens (including phenoxy) is 2. The average Bonchev–Trinajstić information content (AvgIpc) is 3.05. The van der Waals surface area contributed by atoms with Gasteiger partial charge in [0, 0.05) is 17.0 Å². The van der Waals surface area contributed by atoms with Gasteiger partial charge in [-0.15, -0.1) is 0 Å². The molecule has 0 saturated carbocycles. The summed E-state index contributed by atoms with van der Waals surface area (Å²) < 4.78 is 15.8. The van der Waals surface area contributed by atoms with Gasteiger partial charge in [-0.25, -0.2) is 14.4 Å². The number of benzene rings is 1. The van der Waals surface area contributed by atoms with Crippen LogP contribution >= 0.6 is 11.6 Å². The van der Waals surface area contributed by atoms with Crippen LogP contribution in [0.3, 0.4) is 0 Å². The number of carbonyl (C=O) groups excluding carboxylic acids is 2. The van der Waals surface area contributed by atoms with Gasteiger partial charge in [0.25, 0.3) is 0 Å². The Bertz CT molecular complexity index is 1000.